The Morgan fingerprint density at radius 2 is 2.04 bits per heavy atom. The van der Waals surface area contributed by atoms with E-state index in [0.29, 0.717) is 24.3 Å². The van der Waals surface area contributed by atoms with E-state index in [-0.39, 0.29) is 6.79 Å². The van der Waals surface area contributed by atoms with Gasteiger partial charge in [-0.1, -0.05) is 18.2 Å². The maximum atomic E-state index is 9.33. The quantitative estimate of drug-likeness (QED) is 0.722. The average molecular weight is 315 g/mol. The number of ether oxygens (including phenoxy) is 4. The van der Waals surface area contributed by atoms with Crippen molar-refractivity contribution in [1.82, 2.24) is 0 Å². The van der Waals surface area contributed by atoms with Crippen LogP contribution in [0.1, 0.15) is 18.4 Å². The molecule has 1 aromatic carbocycles. The number of methoxy groups -OCH3 is 3. The highest BCUT2D eigenvalue weighted by Gasteiger charge is 2.34. The van der Waals surface area contributed by atoms with Gasteiger partial charge in [-0.25, -0.2) is 0 Å². The van der Waals surface area contributed by atoms with Crippen LogP contribution in [0, 0.1) is 11.3 Å². The van der Waals surface area contributed by atoms with Crippen LogP contribution in [0.4, 0.5) is 0 Å². The molecule has 1 atom stereocenters. The molecule has 2 rings (SSSR count). The molecular weight excluding hydrogens is 294 g/mol. The molecule has 0 fully saturated rings. The van der Waals surface area contributed by atoms with Crippen molar-refractivity contribution < 1.29 is 18.9 Å². The Morgan fingerprint density at radius 3 is 2.61 bits per heavy atom. The Balaban J connectivity index is 2.50. The SMILES string of the molecule is COCOc1c(OC)cccc1C1(CC#N)C=CC(OC)=CC1. The molecule has 0 aromatic heterocycles. The molecule has 0 amide bonds. The monoisotopic (exact) mass is 315 g/mol. The van der Waals surface area contributed by atoms with Crippen LogP contribution in [-0.2, 0) is 14.9 Å². The van der Waals surface area contributed by atoms with E-state index in [1.165, 1.54) is 0 Å². The second-order valence-electron chi connectivity index (χ2n) is 5.23. The molecule has 0 spiro atoms. The molecule has 0 saturated heterocycles. The van der Waals surface area contributed by atoms with E-state index in [2.05, 4.69) is 6.07 Å². The molecule has 5 heteroatoms. The number of allylic oxidation sites excluding steroid dienone is 3. The Bertz CT molecular complexity index is 645. The van der Waals surface area contributed by atoms with Gasteiger partial charge in [0.15, 0.2) is 18.3 Å². The van der Waals surface area contributed by atoms with Crippen LogP contribution < -0.4 is 9.47 Å². The van der Waals surface area contributed by atoms with E-state index >= 15 is 0 Å². The lowest BCUT2D eigenvalue weighted by atomic mass is 9.72. The largest absolute Gasteiger partial charge is 0.497 e. The van der Waals surface area contributed by atoms with Crippen molar-refractivity contribution in [2.45, 2.75) is 18.3 Å². The Hall–Kier alpha value is -2.45. The van der Waals surface area contributed by atoms with Crippen LogP contribution in [0.3, 0.4) is 0 Å². The van der Waals surface area contributed by atoms with E-state index in [4.69, 9.17) is 18.9 Å². The fourth-order valence-corrected chi connectivity index (χ4v) is 2.71. The predicted octanol–water partition coefficient (Wildman–Crippen LogP) is 3.32. The minimum Gasteiger partial charge on any atom is -0.497 e. The first kappa shape index (κ1) is 16.9. The predicted molar refractivity (Wildman–Crippen MR) is 86.3 cm³/mol. The van der Waals surface area contributed by atoms with Gasteiger partial charge < -0.3 is 18.9 Å². The number of nitrogens with zero attached hydrogens (tertiary/aromatic N) is 1. The molecule has 1 aliphatic rings. The van der Waals surface area contributed by atoms with Crippen molar-refractivity contribution in [1.29, 1.82) is 5.26 Å². The van der Waals surface area contributed by atoms with Crippen molar-refractivity contribution >= 4 is 0 Å². The van der Waals surface area contributed by atoms with Gasteiger partial charge in [-0.05, 0) is 24.6 Å². The molecule has 5 nitrogen and oxygen atoms in total. The summed E-state index contributed by atoms with van der Waals surface area (Å²) in [4.78, 5) is 0. The van der Waals surface area contributed by atoms with Crippen molar-refractivity contribution in [2.75, 3.05) is 28.1 Å². The second-order valence-corrected chi connectivity index (χ2v) is 5.23. The normalized spacial score (nSPS) is 19.7. The number of para-hydroxylation sites is 1. The van der Waals surface area contributed by atoms with E-state index in [1.807, 2.05) is 36.4 Å². The van der Waals surface area contributed by atoms with Crippen LogP contribution in [0.15, 0.2) is 42.2 Å². The topological polar surface area (TPSA) is 60.7 Å². The van der Waals surface area contributed by atoms with Crippen molar-refractivity contribution in [3.05, 3.63) is 47.7 Å². The third-order valence-corrected chi connectivity index (χ3v) is 3.92. The third-order valence-electron chi connectivity index (χ3n) is 3.92. The van der Waals surface area contributed by atoms with Gasteiger partial charge in [-0.15, -0.1) is 0 Å². The Morgan fingerprint density at radius 1 is 1.22 bits per heavy atom. The van der Waals surface area contributed by atoms with Crippen LogP contribution in [0.2, 0.25) is 0 Å². The molecular formula is C18H21NO4. The summed E-state index contributed by atoms with van der Waals surface area (Å²) < 4.78 is 21.4. The lowest BCUT2D eigenvalue weighted by Gasteiger charge is -2.32. The summed E-state index contributed by atoms with van der Waals surface area (Å²) in [5.74, 6) is 2.01. The van der Waals surface area contributed by atoms with Gasteiger partial charge in [-0.2, -0.15) is 5.26 Å². The molecule has 0 saturated carbocycles. The number of benzene rings is 1. The summed E-state index contributed by atoms with van der Waals surface area (Å²) in [6, 6.07) is 7.97. The molecule has 1 aromatic rings. The molecule has 1 aliphatic carbocycles. The summed E-state index contributed by atoms with van der Waals surface area (Å²) in [5, 5.41) is 9.33. The molecule has 0 aliphatic heterocycles. The van der Waals surface area contributed by atoms with Crippen molar-refractivity contribution in [3.8, 4) is 17.6 Å². The number of hydrogen-bond donors (Lipinski definition) is 0. The lowest BCUT2D eigenvalue weighted by molar-refractivity contribution is 0.0477. The standard InChI is InChI=1S/C18H21NO4/c1-20-13-23-17-15(5-4-6-16(17)22-3)18(11-12-19)9-7-14(21-2)8-10-18/h4-9H,10-11,13H2,1-3H3. The van der Waals surface area contributed by atoms with Crippen LogP contribution >= 0.6 is 0 Å². The minimum absolute atomic E-state index is 0.110. The molecule has 0 bridgehead atoms. The van der Waals surface area contributed by atoms with Crippen LogP contribution in [-0.4, -0.2) is 28.1 Å². The Labute approximate surface area is 136 Å². The summed E-state index contributed by atoms with van der Waals surface area (Å²) in [6.07, 6.45) is 6.85. The van der Waals surface area contributed by atoms with Crippen molar-refractivity contribution in [3.63, 3.8) is 0 Å². The van der Waals surface area contributed by atoms with Crippen LogP contribution in [0.25, 0.3) is 0 Å². The smallest absolute Gasteiger partial charge is 0.188 e. The highest BCUT2D eigenvalue weighted by atomic mass is 16.7. The summed E-state index contributed by atoms with van der Waals surface area (Å²) >= 11 is 0. The van der Waals surface area contributed by atoms with Crippen molar-refractivity contribution in [2.24, 2.45) is 0 Å². The fraction of sp³-hybridized carbons (Fsp3) is 0.389. The van der Waals surface area contributed by atoms with Gasteiger partial charge in [0.1, 0.15) is 5.76 Å². The van der Waals surface area contributed by atoms with Gasteiger partial charge in [-0.3, -0.25) is 0 Å². The molecule has 23 heavy (non-hydrogen) atoms. The first-order valence-corrected chi connectivity index (χ1v) is 7.30. The molecule has 0 N–H and O–H groups in total. The van der Waals surface area contributed by atoms with E-state index in [0.717, 1.165) is 11.3 Å². The zero-order valence-electron chi connectivity index (χ0n) is 13.7. The van der Waals surface area contributed by atoms with E-state index in [1.54, 1.807) is 21.3 Å². The maximum absolute atomic E-state index is 9.33. The van der Waals surface area contributed by atoms with Gasteiger partial charge in [0.25, 0.3) is 0 Å². The second kappa shape index (κ2) is 7.70. The highest BCUT2D eigenvalue weighted by molar-refractivity contribution is 5.53. The zero-order valence-corrected chi connectivity index (χ0v) is 13.7. The molecule has 0 radical (unpaired) electrons. The summed E-state index contributed by atoms with van der Waals surface area (Å²) in [6.45, 7) is 0.110. The highest BCUT2D eigenvalue weighted by Crippen LogP contribution is 2.45. The Kier molecular flexibility index (Phi) is 5.67. The number of nitriles is 1. The van der Waals surface area contributed by atoms with Gasteiger partial charge in [0.05, 0.1) is 20.3 Å². The third kappa shape index (κ3) is 3.49. The lowest BCUT2D eigenvalue weighted by Crippen LogP contribution is -2.26. The minimum atomic E-state index is -0.478. The van der Waals surface area contributed by atoms with E-state index < -0.39 is 5.41 Å². The first-order valence-electron chi connectivity index (χ1n) is 7.30. The van der Waals surface area contributed by atoms with Crippen LogP contribution in [0.5, 0.6) is 11.5 Å². The van der Waals surface area contributed by atoms with Gasteiger partial charge in [0, 0.05) is 24.5 Å². The average Bonchev–Trinajstić information content (AvgIpc) is 2.60. The molecule has 0 heterocycles. The number of hydrogen-bond acceptors (Lipinski definition) is 5. The van der Waals surface area contributed by atoms with Gasteiger partial charge in [0.2, 0.25) is 0 Å². The zero-order chi connectivity index (χ0) is 16.7. The fourth-order valence-electron chi connectivity index (χ4n) is 2.71. The summed E-state index contributed by atoms with van der Waals surface area (Å²) in [5.41, 5.74) is 0.423. The summed E-state index contributed by atoms with van der Waals surface area (Å²) in [7, 11) is 4.79. The molecule has 1 unspecified atom stereocenters. The van der Waals surface area contributed by atoms with E-state index in [9.17, 15) is 5.26 Å². The molecule has 122 valence electrons. The maximum Gasteiger partial charge on any atom is 0.188 e. The first-order chi connectivity index (χ1) is 11.2. The number of rotatable bonds is 7. The van der Waals surface area contributed by atoms with Gasteiger partial charge >= 0.3 is 0 Å².